The third-order valence-electron chi connectivity index (χ3n) is 3.43. The molecule has 1 aromatic heterocycles. The van der Waals surface area contributed by atoms with Crippen LogP contribution in [-0.2, 0) is 11.3 Å². The molecule has 3 nitrogen and oxygen atoms in total. The molecule has 0 bridgehead atoms. The van der Waals surface area contributed by atoms with Gasteiger partial charge in [-0.1, -0.05) is 17.7 Å². The highest BCUT2D eigenvalue weighted by Crippen LogP contribution is 2.34. The van der Waals surface area contributed by atoms with E-state index in [1.54, 1.807) is 18.3 Å². The Kier molecular flexibility index (Phi) is 4.85. The van der Waals surface area contributed by atoms with Crippen LogP contribution in [0.15, 0.2) is 24.4 Å². The second-order valence-electron chi connectivity index (χ2n) is 4.98. The third-order valence-corrected chi connectivity index (χ3v) is 4.76. The fraction of sp³-hybridized carbons (Fsp3) is 0.400. The summed E-state index contributed by atoms with van der Waals surface area (Å²) in [5, 5.41) is 4.67. The van der Waals surface area contributed by atoms with E-state index in [2.05, 4.69) is 10.3 Å². The third kappa shape index (κ3) is 3.61. The molecule has 0 amide bonds. The summed E-state index contributed by atoms with van der Waals surface area (Å²) < 4.78 is 19.4. The lowest BCUT2D eigenvalue weighted by molar-refractivity contribution is 0.110. The predicted molar refractivity (Wildman–Crippen MR) is 83.2 cm³/mol. The standard InChI is InChI=1S/C15H16ClFN2OS/c16-11-4-1-5-12(17)15(11)13-8-19-14(21-13)9-18-7-10-3-2-6-20-10/h1,4-5,8,10,18H,2-3,6-7,9H2. The number of benzene rings is 1. The lowest BCUT2D eigenvalue weighted by Gasteiger charge is -2.09. The van der Waals surface area contributed by atoms with Gasteiger partial charge < -0.3 is 10.1 Å². The molecule has 1 saturated heterocycles. The molecule has 0 spiro atoms. The maximum atomic E-state index is 13.9. The average Bonchev–Trinajstić information content (AvgIpc) is 3.11. The van der Waals surface area contributed by atoms with Crippen molar-refractivity contribution in [3.63, 3.8) is 0 Å². The van der Waals surface area contributed by atoms with E-state index < -0.39 is 0 Å². The molecule has 1 N–H and O–H groups in total. The highest BCUT2D eigenvalue weighted by Gasteiger charge is 2.16. The summed E-state index contributed by atoms with van der Waals surface area (Å²) in [6, 6.07) is 4.71. The predicted octanol–water partition coefficient (Wildman–Crippen LogP) is 3.87. The number of hydrogen-bond acceptors (Lipinski definition) is 4. The fourth-order valence-corrected chi connectivity index (χ4v) is 3.66. The van der Waals surface area contributed by atoms with Crippen LogP contribution in [0, 0.1) is 5.82 Å². The molecule has 1 aliphatic rings. The molecule has 1 aliphatic heterocycles. The van der Waals surface area contributed by atoms with Crippen molar-refractivity contribution in [3.05, 3.63) is 40.2 Å². The minimum absolute atomic E-state index is 0.311. The zero-order valence-corrected chi connectivity index (χ0v) is 13.0. The first-order valence-electron chi connectivity index (χ1n) is 6.95. The van der Waals surface area contributed by atoms with E-state index in [-0.39, 0.29) is 5.82 Å². The largest absolute Gasteiger partial charge is 0.377 e. The number of halogens is 2. The van der Waals surface area contributed by atoms with Gasteiger partial charge in [0.05, 0.1) is 16.0 Å². The molecule has 21 heavy (non-hydrogen) atoms. The smallest absolute Gasteiger partial charge is 0.133 e. The van der Waals surface area contributed by atoms with Crippen molar-refractivity contribution in [2.75, 3.05) is 13.2 Å². The first-order chi connectivity index (χ1) is 10.2. The van der Waals surface area contributed by atoms with Crippen molar-refractivity contribution >= 4 is 22.9 Å². The summed E-state index contributed by atoms with van der Waals surface area (Å²) >= 11 is 7.53. The molecular formula is C15H16ClFN2OS. The van der Waals surface area contributed by atoms with Gasteiger partial charge in [0.15, 0.2) is 0 Å². The van der Waals surface area contributed by atoms with Gasteiger partial charge in [-0.2, -0.15) is 0 Å². The van der Waals surface area contributed by atoms with Gasteiger partial charge in [-0.05, 0) is 25.0 Å². The van der Waals surface area contributed by atoms with E-state index in [1.807, 2.05) is 0 Å². The van der Waals surface area contributed by atoms with Crippen molar-refractivity contribution < 1.29 is 9.13 Å². The maximum Gasteiger partial charge on any atom is 0.133 e. The Morgan fingerprint density at radius 1 is 1.48 bits per heavy atom. The lowest BCUT2D eigenvalue weighted by atomic mass is 10.2. The van der Waals surface area contributed by atoms with E-state index in [4.69, 9.17) is 16.3 Å². The molecule has 2 heterocycles. The molecule has 0 radical (unpaired) electrons. The van der Waals surface area contributed by atoms with Crippen LogP contribution < -0.4 is 5.32 Å². The quantitative estimate of drug-likeness (QED) is 0.905. The van der Waals surface area contributed by atoms with Crippen LogP contribution in [0.5, 0.6) is 0 Å². The zero-order chi connectivity index (χ0) is 14.7. The van der Waals surface area contributed by atoms with Crippen molar-refractivity contribution in [2.24, 2.45) is 0 Å². The molecule has 2 aromatic rings. The molecule has 6 heteroatoms. The Morgan fingerprint density at radius 3 is 3.14 bits per heavy atom. The minimum atomic E-state index is -0.315. The number of nitrogens with zero attached hydrogens (tertiary/aromatic N) is 1. The van der Waals surface area contributed by atoms with Gasteiger partial charge >= 0.3 is 0 Å². The van der Waals surface area contributed by atoms with Crippen molar-refractivity contribution in [1.29, 1.82) is 0 Å². The number of ether oxygens (including phenoxy) is 1. The Bertz CT molecular complexity index is 593. The molecule has 1 fully saturated rings. The number of hydrogen-bond donors (Lipinski definition) is 1. The highest BCUT2D eigenvalue weighted by molar-refractivity contribution is 7.15. The summed E-state index contributed by atoms with van der Waals surface area (Å²) in [6.45, 7) is 2.35. The van der Waals surface area contributed by atoms with Crippen LogP contribution in [0.3, 0.4) is 0 Å². The van der Waals surface area contributed by atoms with E-state index in [9.17, 15) is 4.39 Å². The summed E-state index contributed by atoms with van der Waals surface area (Å²) in [5.41, 5.74) is 0.432. The Labute approximate surface area is 132 Å². The van der Waals surface area contributed by atoms with Crippen LogP contribution in [0.1, 0.15) is 17.8 Å². The van der Waals surface area contributed by atoms with Crippen LogP contribution in [-0.4, -0.2) is 24.2 Å². The average molecular weight is 327 g/mol. The van der Waals surface area contributed by atoms with Crippen LogP contribution in [0.4, 0.5) is 4.39 Å². The lowest BCUT2D eigenvalue weighted by Crippen LogP contribution is -2.25. The molecule has 1 atom stereocenters. The first kappa shape index (κ1) is 14.9. The summed E-state index contributed by atoms with van der Waals surface area (Å²) in [6.07, 6.45) is 4.24. The van der Waals surface area contributed by atoms with Crippen molar-refractivity contribution in [1.82, 2.24) is 10.3 Å². The highest BCUT2D eigenvalue weighted by atomic mass is 35.5. The Morgan fingerprint density at radius 2 is 2.38 bits per heavy atom. The number of aromatic nitrogens is 1. The van der Waals surface area contributed by atoms with Gasteiger partial charge in [0.2, 0.25) is 0 Å². The SMILES string of the molecule is Fc1cccc(Cl)c1-c1cnc(CNCC2CCCO2)s1. The second kappa shape index (κ2) is 6.83. The normalized spacial score (nSPS) is 18.3. The topological polar surface area (TPSA) is 34.2 Å². The van der Waals surface area contributed by atoms with E-state index in [0.717, 1.165) is 35.9 Å². The summed E-state index contributed by atoms with van der Waals surface area (Å²) in [5.74, 6) is -0.315. The van der Waals surface area contributed by atoms with Gasteiger partial charge in [0.1, 0.15) is 10.8 Å². The molecule has 0 saturated carbocycles. The van der Waals surface area contributed by atoms with Gasteiger partial charge in [-0.3, -0.25) is 0 Å². The number of nitrogens with one attached hydrogen (secondary N) is 1. The molecular weight excluding hydrogens is 311 g/mol. The van der Waals surface area contributed by atoms with Gasteiger partial charge in [-0.25, -0.2) is 9.37 Å². The summed E-state index contributed by atoms with van der Waals surface area (Å²) in [4.78, 5) is 5.09. The first-order valence-corrected chi connectivity index (χ1v) is 8.15. The second-order valence-corrected chi connectivity index (χ2v) is 6.50. The fourth-order valence-electron chi connectivity index (χ4n) is 2.39. The zero-order valence-electron chi connectivity index (χ0n) is 11.4. The van der Waals surface area contributed by atoms with Crippen molar-refractivity contribution in [3.8, 4) is 10.4 Å². The molecule has 1 unspecified atom stereocenters. The number of rotatable bonds is 5. The molecule has 1 aromatic carbocycles. The van der Waals surface area contributed by atoms with Crippen molar-refractivity contribution in [2.45, 2.75) is 25.5 Å². The molecule has 3 rings (SSSR count). The number of thiazole rings is 1. The van der Waals surface area contributed by atoms with E-state index in [1.165, 1.54) is 17.4 Å². The monoisotopic (exact) mass is 326 g/mol. The van der Waals surface area contributed by atoms with Gasteiger partial charge in [0, 0.05) is 31.5 Å². The van der Waals surface area contributed by atoms with Gasteiger partial charge in [0.25, 0.3) is 0 Å². The molecule has 112 valence electrons. The minimum Gasteiger partial charge on any atom is -0.377 e. The van der Waals surface area contributed by atoms with Crippen LogP contribution >= 0.6 is 22.9 Å². The van der Waals surface area contributed by atoms with E-state index >= 15 is 0 Å². The molecule has 0 aliphatic carbocycles. The van der Waals surface area contributed by atoms with Crippen LogP contribution in [0.2, 0.25) is 5.02 Å². The summed E-state index contributed by atoms with van der Waals surface area (Å²) in [7, 11) is 0. The maximum absolute atomic E-state index is 13.9. The Hall–Kier alpha value is -1.01. The van der Waals surface area contributed by atoms with E-state index in [0.29, 0.717) is 23.2 Å². The van der Waals surface area contributed by atoms with Gasteiger partial charge in [-0.15, -0.1) is 11.3 Å². The Balaban J connectivity index is 1.63. The van der Waals surface area contributed by atoms with Crippen LogP contribution in [0.25, 0.3) is 10.4 Å².